The number of carbonyl (C=O) groups is 1. The van der Waals surface area contributed by atoms with Crippen LogP contribution in [0.3, 0.4) is 0 Å². The fourth-order valence-corrected chi connectivity index (χ4v) is 2.29. The highest BCUT2D eigenvalue weighted by atomic mass is 16.5. The van der Waals surface area contributed by atoms with E-state index in [0.29, 0.717) is 6.42 Å². The Hall–Kier alpha value is -2.13. The Morgan fingerprint density at radius 2 is 1.48 bits per heavy atom. The predicted octanol–water partition coefficient (Wildman–Crippen LogP) is 3.13. The monoisotopic (exact) mass is 284 g/mol. The Morgan fingerprint density at radius 1 is 1.00 bits per heavy atom. The van der Waals surface area contributed by atoms with Crippen molar-refractivity contribution in [2.45, 2.75) is 25.4 Å². The minimum Gasteiger partial charge on any atom is -0.464 e. The van der Waals surface area contributed by atoms with Crippen molar-refractivity contribution < 1.29 is 14.6 Å². The van der Waals surface area contributed by atoms with Gasteiger partial charge in [0.15, 0.2) is 0 Å². The number of esters is 1. The van der Waals surface area contributed by atoms with E-state index in [1.54, 1.807) is 0 Å². The molecule has 0 spiro atoms. The van der Waals surface area contributed by atoms with Gasteiger partial charge in [0.05, 0.1) is 6.61 Å². The van der Waals surface area contributed by atoms with Crippen LogP contribution in [0.4, 0.5) is 0 Å². The molecule has 2 aromatic rings. The van der Waals surface area contributed by atoms with Gasteiger partial charge in [-0.2, -0.15) is 0 Å². The second-order valence-electron chi connectivity index (χ2n) is 5.01. The van der Waals surface area contributed by atoms with Crippen LogP contribution in [-0.4, -0.2) is 23.8 Å². The fraction of sp³-hybridized carbons (Fsp3) is 0.278. The summed E-state index contributed by atoms with van der Waals surface area (Å²) in [7, 11) is 0. The second-order valence-corrected chi connectivity index (χ2v) is 5.01. The predicted molar refractivity (Wildman–Crippen MR) is 82.0 cm³/mol. The van der Waals surface area contributed by atoms with Gasteiger partial charge in [-0.1, -0.05) is 60.7 Å². The van der Waals surface area contributed by atoms with E-state index in [1.165, 1.54) is 18.1 Å². The van der Waals surface area contributed by atoms with Crippen LogP contribution in [0.15, 0.2) is 60.7 Å². The normalized spacial score (nSPS) is 12.1. The second kappa shape index (κ2) is 7.60. The Kier molecular flexibility index (Phi) is 5.52. The third kappa shape index (κ3) is 4.43. The van der Waals surface area contributed by atoms with Crippen LogP contribution in [0, 0.1) is 0 Å². The smallest absolute Gasteiger partial charge is 0.334 e. The van der Waals surface area contributed by atoms with E-state index < -0.39 is 12.1 Å². The summed E-state index contributed by atoms with van der Waals surface area (Å²) >= 11 is 0. The van der Waals surface area contributed by atoms with Crippen LogP contribution in [0.25, 0.3) is 0 Å². The van der Waals surface area contributed by atoms with E-state index in [0.717, 1.165) is 0 Å². The average Bonchev–Trinajstić information content (AvgIpc) is 2.53. The summed E-state index contributed by atoms with van der Waals surface area (Å²) in [5.41, 5.74) is 2.38. The van der Waals surface area contributed by atoms with Gasteiger partial charge in [-0.3, -0.25) is 0 Å². The molecule has 110 valence electrons. The standard InChI is InChI=1S/C18H20O3/c1-14(19)18(20)21-13-12-17(15-8-4-2-5-9-15)16-10-6-3-7-11-16/h2-11,14,17,19H,12-13H2,1H3. The van der Waals surface area contributed by atoms with Gasteiger partial charge in [-0.15, -0.1) is 0 Å². The lowest BCUT2D eigenvalue weighted by Gasteiger charge is -2.18. The van der Waals surface area contributed by atoms with Gasteiger partial charge in [-0.25, -0.2) is 4.79 Å². The largest absolute Gasteiger partial charge is 0.464 e. The first kappa shape index (κ1) is 15.3. The summed E-state index contributed by atoms with van der Waals surface area (Å²) in [6, 6.07) is 20.3. The molecule has 1 atom stereocenters. The molecule has 21 heavy (non-hydrogen) atoms. The molecule has 0 aliphatic heterocycles. The lowest BCUT2D eigenvalue weighted by molar-refractivity contribution is -0.152. The molecule has 0 saturated heterocycles. The Balaban J connectivity index is 2.09. The summed E-state index contributed by atoms with van der Waals surface area (Å²) in [5, 5.41) is 9.15. The van der Waals surface area contributed by atoms with E-state index in [9.17, 15) is 4.79 Å². The summed E-state index contributed by atoms with van der Waals surface area (Å²) < 4.78 is 5.09. The van der Waals surface area contributed by atoms with E-state index in [2.05, 4.69) is 24.3 Å². The zero-order chi connectivity index (χ0) is 15.1. The highest BCUT2D eigenvalue weighted by Gasteiger charge is 2.16. The number of aliphatic hydroxyl groups excluding tert-OH is 1. The lowest BCUT2D eigenvalue weighted by Crippen LogP contribution is -2.20. The van der Waals surface area contributed by atoms with Crippen molar-refractivity contribution in [2.75, 3.05) is 6.61 Å². The molecule has 3 nitrogen and oxygen atoms in total. The number of carbonyl (C=O) groups excluding carboxylic acids is 1. The van der Waals surface area contributed by atoms with Crippen LogP contribution in [0.2, 0.25) is 0 Å². The van der Waals surface area contributed by atoms with Gasteiger partial charge < -0.3 is 9.84 Å². The first-order valence-electron chi connectivity index (χ1n) is 7.13. The molecule has 0 aliphatic carbocycles. The third-order valence-electron chi connectivity index (χ3n) is 3.40. The first-order chi connectivity index (χ1) is 10.2. The maximum Gasteiger partial charge on any atom is 0.334 e. The third-order valence-corrected chi connectivity index (χ3v) is 3.40. The number of hydrogen-bond acceptors (Lipinski definition) is 3. The van der Waals surface area contributed by atoms with Gasteiger partial charge in [0.25, 0.3) is 0 Å². The van der Waals surface area contributed by atoms with Gasteiger partial charge in [0.2, 0.25) is 0 Å². The van der Waals surface area contributed by atoms with Crippen molar-refractivity contribution in [3.05, 3.63) is 71.8 Å². The molecule has 0 aliphatic rings. The molecule has 2 rings (SSSR count). The summed E-state index contributed by atoms with van der Waals surface area (Å²) in [4.78, 5) is 11.3. The van der Waals surface area contributed by atoms with Crippen LogP contribution >= 0.6 is 0 Å². The van der Waals surface area contributed by atoms with Crippen molar-refractivity contribution in [1.29, 1.82) is 0 Å². The Morgan fingerprint density at radius 3 is 1.90 bits per heavy atom. The molecule has 1 N–H and O–H groups in total. The maximum absolute atomic E-state index is 11.3. The van der Waals surface area contributed by atoms with E-state index in [-0.39, 0.29) is 12.5 Å². The topological polar surface area (TPSA) is 46.5 Å². The Bertz CT molecular complexity index is 510. The molecule has 2 aromatic carbocycles. The molecule has 0 fully saturated rings. The number of aliphatic hydroxyl groups is 1. The first-order valence-corrected chi connectivity index (χ1v) is 7.13. The quantitative estimate of drug-likeness (QED) is 0.829. The fourth-order valence-electron chi connectivity index (χ4n) is 2.29. The van der Waals surface area contributed by atoms with Gasteiger partial charge in [0.1, 0.15) is 6.10 Å². The highest BCUT2D eigenvalue weighted by molar-refractivity contribution is 5.73. The van der Waals surface area contributed by atoms with Crippen molar-refractivity contribution in [3.8, 4) is 0 Å². The Labute approximate surface area is 125 Å². The van der Waals surface area contributed by atoms with E-state index in [1.807, 2.05) is 36.4 Å². The molecule has 3 heteroatoms. The lowest BCUT2D eigenvalue weighted by atomic mass is 9.89. The van der Waals surface area contributed by atoms with Crippen molar-refractivity contribution >= 4 is 5.97 Å². The van der Waals surface area contributed by atoms with Crippen LogP contribution < -0.4 is 0 Å². The molecule has 0 aromatic heterocycles. The molecule has 0 heterocycles. The number of benzene rings is 2. The van der Waals surface area contributed by atoms with Gasteiger partial charge in [-0.05, 0) is 24.5 Å². The molecule has 0 amide bonds. The van der Waals surface area contributed by atoms with Gasteiger partial charge >= 0.3 is 5.97 Å². The molecule has 0 radical (unpaired) electrons. The van der Waals surface area contributed by atoms with Crippen molar-refractivity contribution in [2.24, 2.45) is 0 Å². The summed E-state index contributed by atoms with van der Waals surface area (Å²) in [6.07, 6.45) is -0.385. The van der Waals surface area contributed by atoms with Gasteiger partial charge in [0, 0.05) is 5.92 Å². The maximum atomic E-state index is 11.3. The average molecular weight is 284 g/mol. The molecule has 0 saturated carbocycles. The molecule has 1 unspecified atom stereocenters. The van der Waals surface area contributed by atoms with E-state index in [4.69, 9.17) is 9.84 Å². The number of rotatable bonds is 6. The SMILES string of the molecule is CC(O)C(=O)OCCC(c1ccccc1)c1ccccc1. The van der Waals surface area contributed by atoms with Crippen molar-refractivity contribution in [3.63, 3.8) is 0 Å². The summed E-state index contributed by atoms with van der Waals surface area (Å²) in [6.45, 7) is 1.70. The zero-order valence-corrected chi connectivity index (χ0v) is 12.1. The van der Waals surface area contributed by atoms with Crippen LogP contribution in [0.1, 0.15) is 30.4 Å². The number of hydrogen-bond donors (Lipinski definition) is 1. The van der Waals surface area contributed by atoms with Crippen LogP contribution in [0.5, 0.6) is 0 Å². The summed E-state index contributed by atoms with van der Waals surface area (Å²) in [5.74, 6) is -0.399. The number of ether oxygens (including phenoxy) is 1. The van der Waals surface area contributed by atoms with Crippen molar-refractivity contribution in [1.82, 2.24) is 0 Å². The highest BCUT2D eigenvalue weighted by Crippen LogP contribution is 2.27. The van der Waals surface area contributed by atoms with Crippen LogP contribution in [-0.2, 0) is 9.53 Å². The molecular formula is C18H20O3. The minimum atomic E-state index is -1.07. The zero-order valence-electron chi connectivity index (χ0n) is 12.1. The molecular weight excluding hydrogens is 264 g/mol. The minimum absolute atomic E-state index is 0.175. The van der Waals surface area contributed by atoms with E-state index >= 15 is 0 Å². The molecule has 0 bridgehead atoms.